The van der Waals surface area contributed by atoms with Gasteiger partial charge in [0.2, 0.25) is 5.95 Å². The molecule has 2 aromatic heterocycles. The Morgan fingerprint density at radius 3 is 2.82 bits per heavy atom. The van der Waals surface area contributed by atoms with Gasteiger partial charge in [-0.1, -0.05) is 6.07 Å². The van der Waals surface area contributed by atoms with E-state index in [0.29, 0.717) is 11.3 Å². The molecule has 90 valence electrons. The minimum absolute atomic E-state index is 0.615. The van der Waals surface area contributed by atoms with Gasteiger partial charge in [-0.05, 0) is 31.3 Å². The summed E-state index contributed by atoms with van der Waals surface area (Å²) >= 11 is 5.08. The summed E-state index contributed by atoms with van der Waals surface area (Å²) in [5.41, 5.74) is 2.03. The monoisotopic (exact) mass is 249 g/mol. The van der Waals surface area contributed by atoms with Crippen molar-refractivity contribution in [1.29, 1.82) is 0 Å². The van der Waals surface area contributed by atoms with Crippen LogP contribution in [0.5, 0.6) is 0 Å². The Labute approximate surface area is 105 Å². The number of H-pyrrole nitrogens is 1. The number of nitrogens with one attached hydrogen (secondary N) is 1. The Morgan fingerprint density at radius 2 is 2.24 bits per heavy atom. The van der Waals surface area contributed by atoms with Crippen molar-refractivity contribution >= 4 is 18.2 Å². The Hall–Kier alpha value is -1.69. The zero-order valence-electron chi connectivity index (χ0n) is 10.1. The van der Waals surface area contributed by atoms with Crippen molar-refractivity contribution < 1.29 is 0 Å². The van der Waals surface area contributed by atoms with Gasteiger partial charge in [0.05, 0.1) is 12.2 Å². The highest BCUT2D eigenvalue weighted by Crippen LogP contribution is 2.10. The highest BCUT2D eigenvalue weighted by atomic mass is 32.1. The van der Waals surface area contributed by atoms with Crippen LogP contribution in [0.4, 0.5) is 5.95 Å². The lowest BCUT2D eigenvalue weighted by atomic mass is 10.3. The lowest BCUT2D eigenvalue weighted by Gasteiger charge is -2.16. The SMILES string of the molecule is Cc1cccc(CN(C)c2n[nH]c(=S)n2C)n1. The van der Waals surface area contributed by atoms with E-state index in [4.69, 9.17) is 12.2 Å². The van der Waals surface area contributed by atoms with Crippen LogP contribution in [0.3, 0.4) is 0 Å². The summed E-state index contributed by atoms with van der Waals surface area (Å²) in [5, 5.41) is 6.95. The Kier molecular flexibility index (Phi) is 3.23. The van der Waals surface area contributed by atoms with Crippen LogP contribution in [0.25, 0.3) is 0 Å². The molecule has 0 unspecified atom stereocenters. The van der Waals surface area contributed by atoms with E-state index >= 15 is 0 Å². The third-order valence-corrected chi connectivity index (χ3v) is 2.91. The lowest BCUT2D eigenvalue weighted by molar-refractivity contribution is 0.785. The second-order valence-corrected chi connectivity index (χ2v) is 4.40. The molecule has 0 aliphatic carbocycles. The van der Waals surface area contributed by atoms with Gasteiger partial charge in [-0.15, -0.1) is 5.10 Å². The van der Waals surface area contributed by atoms with Crippen LogP contribution in [-0.4, -0.2) is 26.8 Å². The van der Waals surface area contributed by atoms with Gasteiger partial charge in [-0.2, -0.15) is 0 Å². The fraction of sp³-hybridized carbons (Fsp3) is 0.364. The molecule has 0 spiro atoms. The molecule has 1 N–H and O–H groups in total. The van der Waals surface area contributed by atoms with Crippen molar-refractivity contribution in [2.75, 3.05) is 11.9 Å². The summed E-state index contributed by atoms with van der Waals surface area (Å²) in [6.45, 7) is 2.69. The van der Waals surface area contributed by atoms with Gasteiger partial charge in [0.15, 0.2) is 4.77 Å². The van der Waals surface area contributed by atoms with Crippen molar-refractivity contribution in [3.8, 4) is 0 Å². The van der Waals surface area contributed by atoms with E-state index < -0.39 is 0 Å². The zero-order chi connectivity index (χ0) is 12.4. The molecule has 0 bridgehead atoms. The van der Waals surface area contributed by atoms with E-state index in [0.717, 1.165) is 17.3 Å². The lowest BCUT2D eigenvalue weighted by Crippen LogP contribution is -2.20. The van der Waals surface area contributed by atoms with E-state index in [-0.39, 0.29) is 0 Å². The Morgan fingerprint density at radius 1 is 1.47 bits per heavy atom. The minimum Gasteiger partial charge on any atom is -0.338 e. The summed E-state index contributed by atoms with van der Waals surface area (Å²) in [5.74, 6) is 0.804. The van der Waals surface area contributed by atoms with Gasteiger partial charge in [-0.3, -0.25) is 9.55 Å². The first-order valence-corrected chi connectivity index (χ1v) is 5.74. The average molecular weight is 249 g/mol. The Bertz CT molecular complexity index is 571. The molecule has 5 nitrogen and oxygen atoms in total. The standard InChI is InChI=1S/C11H15N5S/c1-8-5-4-6-9(12-8)7-15(2)10-13-14-11(17)16(10)3/h4-6H,7H2,1-3H3,(H,14,17). The third-order valence-electron chi connectivity index (χ3n) is 2.54. The fourth-order valence-electron chi connectivity index (χ4n) is 1.68. The summed E-state index contributed by atoms with van der Waals surface area (Å²) in [6, 6.07) is 6.00. The van der Waals surface area contributed by atoms with Gasteiger partial charge in [0.25, 0.3) is 0 Å². The van der Waals surface area contributed by atoms with Crippen molar-refractivity contribution in [3.63, 3.8) is 0 Å². The molecule has 0 radical (unpaired) electrons. The second kappa shape index (κ2) is 4.67. The number of rotatable bonds is 3. The molecule has 2 aromatic rings. The number of pyridine rings is 1. The van der Waals surface area contributed by atoms with E-state index in [1.54, 1.807) is 0 Å². The quantitative estimate of drug-likeness (QED) is 0.843. The molecule has 0 amide bonds. The number of aryl methyl sites for hydroxylation is 1. The van der Waals surface area contributed by atoms with E-state index in [9.17, 15) is 0 Å². The van der Waals surface area contributed by atoms with Gasteiger partial charge in [-0.25, -0.2) is 5.10 Å². The molecule has 0 aromatic carbocycles. The summed E-state index contributed by atoms with van der Waals surface area (Å²) in [6.07, 6.45) is 0. The number of nitrogens with zero attached hydrogens (tertiary/aromatic N) is 4. The second-order valence-electron chi connectivity index (χ2n) is 4.01. The molecule has 2 heterocycles. The first-order chi connectivity index (χ1) is 8.08. The Balaban J connectivity index is 2.20. The molecule has 0 atom stereocenters. The zero-order valence-corrected chi connectivity index (χ0v) is 11.0. The average Bonchev–Trinajstić information content (AvgIpc) is 2.60. The normalized spacial score (nSPS) is 10.5. The molecule has 0 saturated carbocycles. The van der Waals surface area contributed by atoms with E-state index in [2.05, 4.69) is 15.2 Å². The van der Waals surface area contributed by atoms with Crippen LogP contribution in [0.2, 0.25) is 0 Å². The van der Waals surface area contributed by atoms with Crippen molar-refractivity contribution in [2.24, 2.45) is 7.05 Å². The van der Waals surface area contributed by atoms with Crippen LogP contribution in [0, 0.1) is 11.7 Å². The molecule has 6 heteroatoms. The first kappa shape index (κ1) is 11.8. The number of hydrogen-bond donors (Lipinski definition) is 1. The number of anilines is 1. The molecule has 17 heavy (non-hydrogen) atoms. The van der Waals surface area contributed by atoms with Crippen LogP contribution < -0.4 is 4.90 Å². The van der Waals surface area contributed by atoms with Crippen LogP contribution in [-0.2, 0) is 13.6 Å². The largest absolute Gasteiger partial charge is 0.338 e. The molecule has 0 aliphatic heterocycles. The van der Waals surface area contributed by atoms with Gasteiger partial charge >= 0.3 is 0 Å². The maximum atomic E-state index is 5.08. The number of aromatic amines is 1. The molecule has 2 rings (SSSR count). The van der Waals surface area contributed by atoms with Crippen molar-refractivity contribution in [1.82, 2.24) is 19.7 Å². The predicted octanol–water partition coefficient (Wildman–Crippen LogP) is 1.82. The van der Waals surface area contributed by atoms with Crippen molar-refractivity contribution in [3.05, 3.63) is 34.4 Å². The van der Waals surface area contributed by atoms with Crippen molar-refractivity contribution in [2.45, 2.75) is 13.5 Å². The first-order valence-electron chi connectivity index (χ1n) is 5.33. The van der Waals surface area contributed by atoms with E-state index in [1.807, 2.05) is 48.7 Å². The van der Waals surface area contributed by atoms with E-state index in [1.165, 1.54) is 0 Å². The highest BCUT2D eigenvalue weighted by Gasteiger charge is 2.09. The topological polar surface area (TPSA) is 49.7 Å². The third kappa shape index (κ3) is 2.52. The summed E-state index contributed by atoms with van der Waals surface area (Å²) in [7, 11) is 3.86. The van der Waals surface area contributed by atoms with Crippen LogP contribution in [0.1, 0.15) is 11.4 Å². The van der Waals surface area contributed by atoms with Gasteiger partial charge in [0, 0.05) is 19.8 Å². The molecule has 0 aliphatic rings. The summed E-state index contributed by atoms with van der Waals surface area (Å²) in [4.78, 5) is 6.47. The maximum absolute atomic E-state index is 5.08. The number of aromatic nitrogens is 4. The van der Waals surface area contributed by atoms with Crippen LogP contribution in [0.15, 0.2) is 18.2 Å². The number of hydrogen-bond acceptors (Lipinski definition) is 4. The fourth-order valence-corrected chi connectivity index (χ4v) is 1.81. The molecule has 0 saturated heterocycles. The maximum Gasteiger partial charge on any atom is 0.225 e. The smallest absolute Gasteiger partial charge is 0.225 e. The highest BCUT2D eigenvalue weighted by molar-refractivity contribution is 7.71. The van der Waals surface area contributed by atoms with Gasteiger partial charge in [0.1, 0.15) is 0 Å². The van der Waals surface area contributed by atoms with Crippen LogP contribution >= 0.6 is 12.2 Å². The molecular formula is C11H15N5S. The summed E-state index contributed by atoms with van der Waals surface area (Å²) < 4.78 is 2.45. The minimum atomic E-state index is 0.615. The predicted molar refractivity (Wildman–Crippen MR) is 69.5 cm³/mol. The van der Waals surface area contributed by atoms with Gasteiger partial charge < -0.3 is 4.90 Å². The molecule has 0 fully saturated rings. The molecular weight excluding hydrogens is 234 g/mol.